The van der Waals surface area contributed by atoms with Crippen LogP contribution in [0.4, 0.5) is 0 Å². The van der Waals surface area contributed by atoms with Crippen LogP contribution in [-0.2, 0) is 10.0 Å². The SMILES string of the molecule is Cc1ccc(S(N)(=O)=O)cc1C(=O)NC1CCSc2ccccc21. The minimum Gasteiger partial charge on any atom is -0.345 e. The van der Waals surface area contributed by atoms with Crippen LogP contribution in [0.1, 0.15) is 33.9 Å². The molecule has 1 aliphatic rings. The summed E-state index contributed by atoms with van der Waals surface area (Å²) in [5, 5.41) is 8.18. The molecule has 7 heteroatoms. The molecule has 0 saturated carbocycles. The van der Waals surface area contributed by atoms with E-state index in [1.165, 1.54) is 17.0 Å². The number of hydrogen-bond donors (Lipinski definition) is 2. The maximum absolute atomic E-state index is 12.7. The Morgan fingerprint density at radius 1 is 1.25 bits per heavy atom. The second-order valence-electron chi connectivity index (χ2n) is 5.72. The first kappa shape index (κ1) is 17.0. The number of carbonyl (C=O) groups excluding carboxylic acids is 1. The van der Waals surface area contributed by atoms with Crippen LogP contribution in [0.15, 0.2) is 52.3 Å². The molecule has 1 heterocycles. The van der Waals surface area contributed by atoms with Gasteiger partial charge >= 0.3 is 0 Å². The molecule has 0 radical (unpaired) electrons. The van der Waals surface area contributed by atoms with E-state index >= 15 is 0 Å². The van der Waals surface area contributed by atoms with Crippen molar-refractivity contribution in [3.8, 4) is 0 Å². The molecule has 1 unspecified atom stereocenters. The van der Waals surface area contributed by atoms with Crippen molar-refractivity contribution in [1.29, 1.82) is 0 Å². The number of thioether (sulfide) groups is 1. The van der Waals surface area contributed by atoms with Gasteiger partial charge in [0.2, 0.25) is 10.0 Å². The number of nitrogens with two attached hydrogens (primary N) is 1. The van der Waals surface area contributed by atoms with Crippen molar-refractivity contribution >= 4 is 27.7 Å². The fourth-order valence-electron chi connectivity index (χ4n) is 2.75. The number of primary sulfonamides is 1. The summed E-state index contributed by atoms with van der Waals surface area (Å²) in [5.74, 6) is 0.641. The smallest absolute Gasteiger partial charge is 0.252 e. The number of hydrogen-bond acceptors (Lipinski definition) is 4. The average Bonchev–Trinajstić information content (AvgIpc) is 2.54. The molecule has 3 rings (SSSR count). The number of carbonyl (C=O) groups is 1. The highest BCUT2D eigenvalue weighted by Crippen LogP contribution is 2.36. The summed E-state index contributed by atoms with van der Waals surface area (Å²) in [5.41, 5.74) is 2.14. The molecule has 3 N–H and O–H groups in total. The molecule has 2 aromatic rings. The molecule has 0 saturated heterocycles. The molecule has 1 amide bonds. The first-order chi connectivity index (χ1) is 11.4. The number of aryl methyl sites for hydroxylation is 1. The highest BCUT2D eigenvalue weighted by atomic mass is 32.2. The van der Waals surface area contributed by atoms with Crippen molar-refractivity contribution < 1.29 is 13.2 Å². The van der Waals surface area contributed by atoms with E-state index in [2.05, 4.69) is 5.32 Å². The molecule has 2 aromatic carbocycles. The van der Waals surface area contributed by atoms with E-state index in [-0.39, 0.29) is 16.8 Å². The van der Waals surface area contributed by atoms with E-state index in [1.807, 2.05) is 24.3 Å². The molecule has 1 aliphatic heterocycles. The molecule has 0 aromatic heterocycles. The zero-order valence-electron chi connectivity index (χ0n) is 13.2. The van der Waals surface area contributed by atoms with Gasteiger partial charge in [-0.25, -0.2) is 13.6 Å². The number of benzene rings is 2. The van der Waals surface area contributed by atoms with Gasteiger partial charge < -0.3 is 5.32 Å². The summed E-state index contributed by atoms with van der Waals surface area (Å²) in [6.07, 6.45) is 0.835. The molecule has 0 spiro atoms. The minimum atomic E-state index is -3.84. The summed E-state index contributed by atoms with van der Waals surface area (Å²) in [6.45, 7) is 1.77. The van der Waals surface area contributed by atoms with E-state index in [9.17, 15) is 13.2 Å². The first-order valence-corrected chi connectivity index (χ1v) is 10.1. The van der Waals surface area contributed by atoms with E-state index in [1.54, 1.807) is 24.8 Å². The van der Waals surface area contributed by atoms with Crippen molar-refractivity contribution in [3.05, 3.63) is 59.2 Å². The Hall–Kier alpha value is -1.83. The standard InChI is InChI=1S/C17H18N2O3S2/c1-11-6-7-12(24(18,21)22)10-14(11)17(20)19-15-8-9-23-16-5-3-2-4-13(15)16/h2-7,10,15H,8-9H2,1H3,(H,19,20)(H2,18,21,22). The zero-order chi connectivity index (χ0) is 17.3. The molecule has 0 aliphatic carbocycles. The van der Waals surface area contributed by atoms with Gasteiger partial charge in [-0.3, -0.25) is 4.79 Å². The maximum atomic E-state index is 12.7. The monoisotopic (exact) mass is 362 g/mol. The predicted octanol–water partition coefficient (Wildman–Crippen LogP) is 2.61. The molecule has 5 nitrogen and oxygen atoms in total. The molecule has 0 bridgehead atoms. The van der Waals surface area contributed by atoms with Gasteiger partial charge in [-0.1, -0.05) is 24.3 Å². The summed E-state index contributed by atoms with van der Waals surface area (Å²) >= 11 is 1.78. The van der Waals surface area contributed by atoms with Crippen molar-refractivity contribution in [2.75, 3.05) is 5.75 Å². The van der Waals surface area contributed by atoms with Crippen LogP contribution < -0.4 is 10.5 Å². The lowest BCUT2D eigenvalue weighted by Gasteiger charge is -2.26. The summed E-state index contributed by atoms with van der Waals surface area (Å²) < 4.78 is 23.0. The van der Waals surface area contributed by atoms with Gasteiger partial charge in [0, 0.05) is 16.2 Å². The van der Waals surface area contributed by atoms with Gasteiger partial charge in [-0.15, -0.1) is 11.8 Å². The fourth-order valence-corrected chi connectivity index (χ4v) is 4.42. The largest absolute Gasteiger partial charge is 0.345 e. The Morgan fingerprint density at radius 2 is 2.00 bits per heavy atom. The van der Waals surface area contributed by atoms with E-state index in [0.29, 0.717) is 11.1 Å². The van der Waals surface area contributed by atoms with Crippen molar-refractivity contribution in [1.82, 2.24) is 5.32 Å². The van der Waals surface area contributed by atoms with Gasteiger partial charge in [-0.05, 0) is 42.7 Å². The van der Waals surface area contributed by atoms with Crippen LogP contribution in [0.2, 0.25) is 0 Å². The molecule has 126 valence electrons. The van der Waals surface area contributed by atoms with Crippen LogP contribution in [0, 0.1) is 6.92 Å². The van der Waals surface area contributed by atoms with Gasteiger partial charge in [-0.2, -0.15) is 0 Å². The molecule has 24 heavy (non-hydrogen) atoms. The Labute approximate surface area is 145 Å². The Balaban J connectivity index is 1.89. The number of nitrogens with one attached hydrogen (secondary N) is 1. The van der Waals surface area contributed by atoms with Crippen LogP contribution in [0.5, 0.6) is 0 Å². The minimum absolute atomic E-state index is 0.0575. The Morgan fingerprint density at radius 3 is 2.75 bits per heavy atom. The number of fused-ring (bicyclic) bond motifs is 1. The Kier molecular flexibility index (Phi) is 4.67. The predicted molar refractivity (Wildman–Crippen MR) is 94.5 cm³/mol. The summed E-state index contributed by atoms with van der Waals surface area (Å²) in [7, 11) is -3.84. The normalized spacial score (nSPS) is 17.2. The molecular formula is C17H18N2O3S2. The lowest BCUT2D eigenvalue weighted by Crippen LogP contribution is -2.31. The van der Waals surface area contributed by atoms with Crippen LogP contribution in [0.3, 0.4) is 0 Å². The van der Waals surface area contributed by atoms with Crippen LogP contribution in [-0.4, -0.2) is 20.1 Å². The third kappa shape index (κ3) is 3.48. The van der Waals surface area contributed by atoms with Gasteiger partial charge in [0.25, 0.3) is 5.91 Å². The van der Waals surface area contributed by atoms with Crippen molar-refractivity contribution in [2.24, 2.45) is 5.14 Å². The fraction of sp³-hybridized carbons (Fsp3) is 0.235. The highest BCUT2D eigenvalue weighted by molar-refractivity contribution is 7.99. The van der Waals surface area contributed by atoms with Gasteiger partial charge in [0.05, 0.1) is 10.9 Å². The third-order valence-electron chi connectivity index (χ3n) is 4.05. The summed E-state index contributed by atoms with van der Waals surface area (Å²) in [6, 6.07) is 12.3. The van der Waals surface area contributed by atoms with Crippen LogP contribution >= 0.6 is 11.8 Å². The third-order valence-corrected chi connectivity index (χ3v) is 6.08. The molecule has 0 fully saturated rings. The lowest BCUT2D eigenvalue weighted by molar-refractivity contribution is 0.0934. The quantitative estimate of drug-likeness (QED) is 0.878. The Bertz CT molecular complexity index is 894. The molecule has 1 atom stereocenters. The molecular weight excluding hydrogens is 344 g/mol. The van der Waals surface area contributed by atoms with Crippen molar-refractivity contribution in [2.45, 2.75) is 29.2 Å². The van der Waals surface area contributed by atoms with E-state index in [4.69, 9.17) is 5.14 Å². The topological polar surface area (TPSA) is 89.3 Å². The maximum Gasteiger partial charge on any atom is 0.252 e. The number of sulfonamides is 1. The average molecular weight is 362 g/mol. The number of amides is 1. The second kappa shape index (κ2) is 6.58. The number of rotatable bonds is 3. The lowest BCUT2D eigenvalue weighted by atomic mass is 10.0. The van der Waals surface area contributed by atoms with E-state index < -0.39 is 10.0 Å². The van der Waals surface area contributed by atoms with Gasteiger partial charge in [0.1, 0.15) is 0 Å². The summed E-state index contributed by atoms with van der Waals surface area (Å²) in [4.78, 5) is 13.8. The highest BCUT2D eigenvalue weighted by Gasteiger charge is 2.23. The van der Waals surface area contributed by atoms with Crippen molar-refractivity contribution in [3.63, 3.8) is 0 Å². The zero-order valence-corrected chi connectivity index (χ0v) is 14.8. The second-order valence-corrected chi connectivity index (χ2v) is 8.42. The van der Waals surface area contributed by atoms with E-state index in [0.717, 1.165) is 17.7 Å². The van der Waals surface area contributed by atoms with Gasteiger partial charge in [0.15, 0.2) is 0 Å². The van der Waals surface area contributed by atoms with Crippen LogP contribution in [0.25, 0.3) is 0 Å². The first-order valence-electron chi connectivity index (χ1n) is 7.52.